The van der Waals surface area contributed by atoms with Crippen LogP contribution in [0.4, 0.5) is 5.69 Å². The highest BCUT2D eigenvalue weighted by atomic mass is 32.2. The molecule has 1 atom stereocenters. The number of aromatic nitrogens is 2. The van der Waals surface area contributed by atoms with E-state index in [0.717, 1.165) is 31.4 Å². The maximum Gasteiger partial charge on any atom is 0.262 e. The lowest BCUT2D eigenvalue weighted by Crippen LogP contribution is -2.15. The van der Waals surface area contributed by atoms with E-state index in [4.69, 9.17) is 9.62 Å². The normalized spacial score (nSPS) is 16.9. The number of nitrogens with zero attached hydrogens (tertiary/aromatic N) is 2. The molecule has 4 rings (SSSR count). The Morgan fingerprint density at radius 2 is 2.00 bits per heavy atom. The Hall–Kier alpha value is -2.40. The molecule has 156 valence electrons. The van der Waals surface area contributed by atoms with Crippen molar-refractivity contribution >= 4 is 26.7 Å². The van der Waals surface area contributed by atoms with Crippen LogP contribution in [0.2, 0.25) is 0 Å². The second-order valence-corrected chi connectivity index (χ2v) is 9.10. The molecule has 0 bridgehead atoms. The first-order valence-corrected chi connectivity index (χ1v) is 11.0. The average molecular weight is 420 g/mol. The maximum atomic E-state index is 13.0. The van der Waals surface area contributed by atoms with E-state index in [1.807, 2.05) is 0 Å². The van der Waals surface area contributed by atoms with Crippen molar-refractivity contribution in [2.75, 3.05) is 4.72 Å². The van der Waals surface area contributed by atoms with Crippen molar-refractivity contribution < 1.29 is 23.1 Å². The molecule has 2 heterocycles. The van der Waals surface area contributed by atoms with Gasteiger partial charge in [0.2, 0.25) is 0 Å². The van der Waals surface area contributed by atoms with Crippen molar-refractivity contribution in [3.05, 3.63) is 41.9 Å². The molecule has 1 aliphatic rings. The zero-order valence-electron chi connectivity index (χ0n) is 16.0. The SMILES string of the molecule is Cn1cc(NS(=O)(=O)c2ccc3cc(C(O)NO)oc3c2)c(C2CCCCC2)n1. The van der Waals surface area contributed by atoms with Crippen LogP contribution < -0.4 is 10.2 Å². The van der Waals surface area contributed by atoms with Gasteiger partial charge in [0.05, 0.1) is 16.3 Å². The van der Waals surface area contributed by atoms with E-state index in [1.54, 1.807) is 29.5 Å². The minimum absolute atomic E-state index is 0.0378. The van der Waals surface area contributed by atoms with Crippen LogP contribution in [0.1, 0.15) is 55.7 Å². The Bertz CT molecular complexity index is 1120. The predicted molar refractivity (Wildman–Crippen MR) is 106 cm³/mol. The van der Waals surface area contributed by atoms with Crippen molar-refractivity contribution in [1.29, 1.82) is 0 Å². The highest BCUT2D eigenvalue weighted by molar-refractivity contribution is 7.92. The second-order valence-electron chi connectivity index (χ2n) is 7.42. The van der Waals surface area contributed by atoms with Crippen molar-refractivity contribution in [2.24, 2.45) is 7.05 Å². The van der Waals surface area contributed by atoms with Gasteiger partial charge in [0.25, 0.3) is 10.0 Å². The topological polar surface area (TPSA) is 130 Å². The van der Waals surface area contributed by atoms with Gasteiger partial charge in [-0.05, 0) is 31.0 Å². The van der Waals surface area contributed by atoms with Crippen LogP contribution in [-0.2, 0) is 17.1 Å². The summed E-state index contributed by atoms with van der Waals surface area (Å²) in [6.45, 7) is 0. The second kappa shape index (κ2) is 7.79. The average Bonchev–Trinajstić information content (AvgIpc) is 3.30. The number of hydroxylamine groups is 1. The molecule has 0 radical (unpaired) electrons. The molecule has 0 saturated heterocycles. The maximum absolute atomic E-state index is 13.0. The Kier molecular flexibility index (Phi) is 5.34. The predicted octanol–water partition coefficient (Wildman–Crippen LogP) is 2.98. The number of aliphatic hydroxyl groups is 1. The van der Waals surface area contributed by atoms with E-state index < -0.39 is 16.3 Å². The van der Waals surface area contributed by atoms with Gasteiger partial charge in [-0.15, -0.1) is 0 Å². The molecule has 0 aliphatic heterocycles. The van der Waals surface area contributed by atoms with E-state index in [2.05, 4.69) is 9.82 Å². The number of rotatable bonds is 6. The van der Waals surface area contributed by atoms with E-state index in [9.17, 15) is 13.5 Å². The zero-order valence-corrected chi connectivity index (χ0v) is 16.8. The van der Waals surface area contributed by atoms with E-state index in [0.29, 0.717) is 11.1 Å². The van der Waals surface area contributed by atoms with Crippen LogP contribution in [0.15, 0.2) is 39.8 Å². The summed E-state index contributed by atoms with van der Waals surface area (Å²) < 4.78 is 35.7. The highest BCUT2D eigenvalue weighted by Crippen LogP contribution is 2.36. The van der Waals surface area contributed by atoms with Crippen LogP contribution in [-0.4, -0.2) is 28.5 Å². The number of sulfonamides is 1. The van der Waals surface area contributed by atoms with Crippen LogP contribution >= 0.6 is 0 Å². The summed E-state index contributed by atoms with van der Waals surface area (Å²) in [5.74, 6) is 0.335. The molecule has 1 saturated carbocycles. The first-order valence-electron chi connectivity index (χ1n) is 9.55. The van der Waals surface area contributed by atoms with Crippen LogP contribution in [0.5, 0.6) is 0 Å². The van der Waals surface area contributed by atoms with Gasteiger partial charge in [-0.25, -0.2) is 8.42 Å². The van der Waals surface area contributed by atoms with Crippen molar-refractivity contribution in [3.63, 3.8) is 0 Å². The summed E-state index contributed by atoms with van der Waals surface area (Å²) in [7, 11) is -2.08. The van der Waals surface area contributed by atoms with Gasteiger partial charge >= 0.3 is 0 Å². The summed E-state index contributed by atoms with van der Waals surface area (Å²) in [5.41, 5.74) is 3.26. The van der Waals surface area contributed by atoms with Gasteiger partial charge < -0.3 is 14.7 Å². The lowest BCUT2D eigenvalue weighted by molar-refractivity contribution is -0.0110. The molecule has 3 aromatic rings. The summed E-state index contributed by atoms with van der Waals surface area (Å²) in [6, 6.07) is 5.98. The molecule has 0 spiro atoms. The lowest BCUT2D eigenvalue weighted by atomic mass is 9.86. The van der Waals surface area contributed by atoms with Gasteiger partial charge in [-0.2, -0.15) is 10.6 Å². The van der Waals surface area contributed by atoms with Gasteiger partial charge in [0.1, 0.15) is 5.58 Å². The van der Waals surface area contributed by atoms with Gasteiger partial charge in [-0.3, -0.25) is 9.40 Å². The third kappa shape index (κ3) is 4.01. The fourth-order valence-corrected chi connectivity index (χ4v) is 4.94. The number of fused-ring (bicyclic) bond motifs is 1. The third-order valence-electron chi connectivity index (χ3n) is 5.31. The highest BCUT2D eigenvalue weighted by Gasteiger charge is 2.25. The zero-order chi connectivity index (χ0) is 20.6. The molecule has 29 heavy (non-hydrogen) atoms. The first kappa shape index (κ1) is 19.9. The number of hydrogen-bond donors (Lipinski definition) is 4. The van der Waals surface area contributed by atoms with Crippen LogP contribution in [0, 0.1) is 0 Å². The number of anilines is 1. The molecule has 4 N–H and O–H groups in total. The number of aliphatic hydroxyl groups excluding tert-OH is 1. The Morgan fingerprint density at radius 1 is 1.24 bits per heavy atom. The minimum atomic E-state index is -3.86. The fourth-order valence-electron chi connectivity index (χ4n) is 3.86. The van der Waals surface area contributed by atoms with Crippen LogP contribution in [0.25, 0.3) is 11.0 Å². The van der Waals surface area contributed by atoms with E-state index in [1.165, 1.54) is 24.6 Å². The van der Waals surface area contributed by atoms with Gasteiger partial charge in [-0.1, -0.05) is 19.3 Å². The number of furan rings is 1. The van der Waals surface area contributed by atoms with Crippen molar-refractivity contribution in [1.82, 2.24) is 15.3 Å². The Balaban J connectivity index is 1.64. The molecular weight excluding hydrogens is 396 g/mol. The Labute approximate surface area is 168 Å². The molecule has 0 amide bonds. The standard InChI is InChI=1S/C19H24N4O5S/c1-23-11-15(18(20-23)12-5-3-2-4-6-12)22-29(26,27)14-8-7-13-9-17(19(24)21-25)28-16(13)10-14/h7-12,19,21-22,24-25H,2-6H2,1H3. The molecule has 1 aliphatic carbocycles. The molecular formula is C19H24N4O5S. The van der Waals surface area contributed by atoms with E-state index in [-0.39, 0.29) is 22.2 Å². The summed E-state index contributed by atoms with van der Waals surface area (Å²) in [4.78, 5) is 0.0378. The monoisotopic (exact) mass is 420 g/mol. The van der Waals surface area contributed by atoms with Crippen molar-refractivity contribution in [2.45, 2.75) is 49.1 Å². The molecule has 1 unspecified atom stereocenters. The molecule has 1 aromatic carbocycles. The summed E-state index contributed by atoms with van der Waals surface area (Å²) in [6.07, 6.45) is 5.76. The van der Waals surface area contributed by atoms with Crippen molar-refractivity contribution in [3.8, 4) is 0 Å². The van der Waals surface area contributed by atoms with E-state index >= 15 is 0 Å². The number of benzene rings is 1. The van der Waals surface area contributed by atoms with Gasteiger partial charge in [0, 0.05) is 30.6 Å². The molecule has 10 heteroatoms. The van der Waals surface area contributed by atoms with Gasteiger partial charge in [0.15, 0.2) is 12.0 Å². The summed E-state index contributed by atoms with van der Waals surface area (Å²) in [5, 5.41) is 23.6. The number of nitrogens with one attached hydrogen (secondary N) is 2. The molecule has 1 fully saturated rings. The van der Waals surface area contributed by atoms with Crippen LogP contribution in [0.3, 0.4) is 0 Å². The smallest absolute Gasteiger partial charge is 0.262 e. The molecule has 9 nitrogen and oxygen atoms in total. The molecule has 2 aromatic heterocycles. The minimum Gasteiger partial charge on any atom is -0.457 e. The third-order valence-corrected chi connectivity index (χ3v) is 6.67. The quantitative estimate of drug-likeness (QED) is 0.356. The number of aryl methyl sites for hydroxylation is 1. The fraction of sp³-hybridized carbons (Fsp3) is 0.421. The summed E-state index contributed by atoms with van der Waals surface area (Å²) >= 11 is 0. The first-order chi connectivity index (χ1) is 13.9. The Morgan fingerprint density at radius 3 is 2.72 bits per heavy atom. The largest absolute Gasteiger partial charge is 0.457 e. The lowest BCUT2D eigenvalue weighted by Gasteiger charge is -2.21. The number of hydrogen-bond acceptors (Lipinski definition) is 7.